The summed E-state index contributed by atoms with van der Waals surface area (Å²) in [6, 6.07) is -0.638. The van der Waals surface area contributed by atoms with E-state index in [9.17, 15) is 14.4 Å². The van der Waals surface area contributed by atoms with Crippen LogP contribution in [0.15, 0.2) is 12.4 Å². The molecule has 0 spiro atoms. The number of piperidine rings is 1. The summed E-state index contributed by atoms with van der Waals surface area (Å²) in [5.74, 6) is -1.23. The van der Waals surface area contributed by atoms with Gasteiger partial charge in [0, 0.05) is 18.8 Å². The molecule has 3 rings (SSSR count). The van der Waals surface area contributed by atoms with Gasteiger partial charge in [0.25, 0.3) is 5.91 Å². The van der Waals surface area contributed by atoms with E-state index in [1.165, 1.54) is 17.3 Å². The van der Waals surface area contributed by atoms with E-state index in [2.05, 4.69) is 15.3 Å². The Morgan fingerprint density at radius 2 is 2.00 bits per heavy atom. The Morgan fingerprint density at radius 1 is 1.26 bits per heavy atom. The largest absolute Gasteiger partial charge is 0.319 e. The van der Waals surface area contributed by atoms with Gasteiger partial charge in [0.2, 0.25) is 11.8 Å². The molecule has 1 fully saturated rings. The Balaban J connectivity index is 1.91. The van der Waals surface area contributed by atoms with Gasteiger partial charge < -0.3 is 4.90 Å². The zero-order valence-corrected chi connectivity index (χ0v) is 10.3. The maximum absolute atomic E-state index is 12.2. The third kappa shape index (κ3) is 1.78. The number of nitrogens with one attached hydrogen (secondary N) is 1. The molecule has 3 amide bonds. The van der Waals surface area contributed by atoms with Crippen LogP contribution in [0.5, 0.6) is 0 Å². The van der Waals surface area contributed by atoms with Gasteiger partial charge in [0.05, 0.1) is 12.2 Å². The highest BCUT2D eigenvalue weighted by atomic mass is 16.2. The topological polar surface area (TPSA) is 92.3 Å². The van der Waals surface area contributed by atoms with Crippen molar-refractivity contribution in [2.24, 2.45) is 5.92 Å². The lowest BCUT2D eigenvalue weighted by atomic mass is 9.92. The molecule has 1 N–H and O–H groups in total. The van der Waals surface area contributed by atoms with Gasteiger partial charge in [0.1, 0.15) is 6.04 Å². The number of carbonyl (C=O) groups is 3. The second-order valence-electron chi connectivity index (χ2n) is 4.82. The van der Waals surface area contributed by atoms with Crippen LogP contribution in [0.4, 0.5) is 0 Å². The summed E-state index contributed by atoms with van der Waals surface area (Å²) in [4.78, 5) is 45.0. The number of amides is 3. The molecule has 2 aliphatic rings. The zero-order valence-electron chi connectivity index (χ0n) is 10.3. The third-order valence-corrected chi connectivity index (χ3v) is 3.47. The molecule has 1 aromatic heterocycles. The number of aromatic nitrogens is 2. The van der Waals surface area contributed by atoms with E-state index >= 15 is 0 Å². The van der Waals surface area contributed by atoms with Crippen molar-refractivity contribution in [3.63, 3.8) is 0 Å². The van der Waals surface area contributed by atoms with Gasteiger partial charge in [-0.05, 0) is 5.92 Å². The van der Waals surface area contributed by atoms with Gasteiger partial charge in [-0.25, -0.2) is 4.98 Å². The van der Waals surface area contributed by atoms with E-state index < -0.39 is 11.9 Å². The molecule has 19 heavy (non-hydrogen) atoms. The normalized spacial score (nSPS) is 26.4. The van der Waals surface area contributed by atoms with Crippen molar-refractivity contribution in [3.8, 4) is 0 Å². The molecular formula is C12H12N4O3. The van der Waals surface area contributed by atoms with Gasteiger partial charge in [-0.15, -0.1) is 0 Å². The highest BCUT2D eigenvalue weighted by Gasteiger charge is 2.43. The van der Waals surface area contributed by atoms with E-state index in [1.807, 2.05) is 0 Å². The first-order valence-electron chi connectivity index (χ1n) is 6.02. The minimum Gasteiger partial charge on any atom is -0.319 e. The number of hydrogen-bond donors (Lipinski definition) is 1. The van der Waals surface area contributed by atoms with Crippen LogP contribution in [0.1, 0.15) is 29.5 Å². The Bertz CT molecular complexity index is 586. The number of nitrogens with zero attached hydrogens (tertiary/aromatic N) is 3. The number of fused-ring (bicyclic) bond motifs is 1. The highest BCUT2D eigenvalue weighted by molar-refractivity contribution is 6.04. The maximum atomic E-state index is 12.2. The van der Waals surface area contributed by atoms with Gasteiger partial charge in [0.15, 0.2) is 5.69 Å². The Labute approximate surface area is 109 Å². The fourth-order valence-corrected chi connectivity index (χ4v) is 2.63. The van der Waals surface area contributed by atoms with Crippen LogP contribution in [0.3, 0.4) is 0 Å². The average Bonchev–Trinajstić information content (AvgIpc) is 2.66. The minimum atomic E-state index is -0.638. The van der Waals surface area contributed by atoms with Crippen LogP contribution in [-0.4, -0.2) is 38.6 Å². The maximum Gasteiger partial charge on any atom is 0.275 e. The Morgan fingerprint density at radius 3 is 2.68 bits per heavy atom. The van der Waals surface area contributed by atoms with Crippen LogP contribution >= 0.6 is 0 Å². The van der Waals surface area contributed by atoms with Crippen LogP contribution in [0.2, 0.25) is 0 Å². The molecule has 0 bridgehead atoms. The molecule has 3 heterocycles. The van der Waals surface area contributed by atoms with E-state index in [0.717, 1.165) is 0 Å². The lowest BCUT2D eigenvalue weighted by Gasteiger charge is -2.33. The summed E-state index contributed by atoms with van der Waals surface area (Å²) in [5.41, 5.74) is 0.865. The molecule has 7 nitrogen and oxygen atoms in total. The van der Waals surface area contributed by atoms with E-state index in [1.54, 1.807) is 6.92 Å². The van der Waals surface area contributed by atoms with Crippen molar-refractivity contribution in [3.05, 3.63) is 23.8 Å². The molecule has 2 unspecified atom stereocenters. The van der Waals surface area contributed by atoms with Crippen LogP contribution in [0.25, 0.3) is 0 Å². The van der Waals surface area contributed by atoms with Crippen molar-refractivity contribution in [2.75, 3.05) is 0 Å². The van der Waals surface area contributed by atoms with Crippen LogP contribution in [-0.2, 0) is 16.1 Å². The van der Waals surface area contributed by atoms with E-state index in [4.69, 9.17) is 0 Å². The minimum absolute atomic E-state index is 0.209. The van der Waals surface area contributed by atoms with E-state index in [0.29, 0.717) is 11.4 Å². The summed E-state index contributed by atoms with van der Waals surface area (Å²) in [6.07, 6.45) is 3.20. The smallest absolute Gasteiger partial charge is 0.275 e. The average molecular weight is 260 g/mol. The second kappa shape index (κ2) is 4.11. The van der Waals surface area contributed by atoms with Gasteiger partial charge in [-0.2, -0.15) is 0 Å². The summed E-state index contributed by atoms with van der Waals surface area (Å²) >= 11 is 0. The van der Waals surface area contributed by atoms with Crippen LogP contribution in [0, 0.1) is 5.92 Å². The number of rotatable bonds is 1. The monoisotopic (exact) mass is 260 g/mol. The molecule has 0 aromatic carbocycles. The first-order chi connectivity index (χ1) is 9.08. The first-order valence-corrected chi connectivity index (χ1v) is 6.02. The van der Waals surface area contributed by atoms with Gasteiger partial charge in [-0.1, -0.05) is 6.92 Å². The zero-order chi connectivity index (χ0) is 13.6. The molecule has 1 saturated heterocycles. The quantitative estimate of drug-likeness (QED) is 0.686. The summed E-state index contributed by atoms with van der Waals surface area (Å²) < 4.78 is 0. The highest BCUT2D eigenvalue weighted by Crippen LogP contribution is 2.27. The van der Waals surface area contributed by atoms with Crippen molar-refractivity contribution < 1.29 is 14.4 Å². The molecule has 2 aliphatic heterocycles. The molecular weight excluding hydrogens is 248 g/mol. The molecule has 1 aromatic rings. The lowest BCUT2D eigenvalue weighted by molar-refractivity contribution is -0.139. The van der Waals surface area contributed by atoms with Crippen molar-refractivity contribution in [1.82, 2.24) is 20.2 Å². The number of imide groups is 1. The number of carbonyl (C=O) groups excluding carboxylic acids is 3. The summed E-state index contributed by atoms with van der Waals surface area (Å²) in [7, 11) is 0. The van der Waals surface area contributed by atoms with E-state index in [-0.39, 0.29) is 30.7 Å². The second-order valence-corrected chi connectivity index (χ2v) is 4.82. The fourth-order valence-electron chi connectivity index (χ4n) is 2.63. The molecule has 0 saturated carbocycles. The molecule has 2 atom stereocenters. The predicted molar refractivity (Wildman–Crippen MR) is 62.6 cm³/mol. The standard InChI is InChI=1S/C12H12N4O3/c1-6-4-8(17)15-11(18)10(6)16-5-7-9(12(16)19)14-3-2-13-7/h2-3,6,10H,4-5H2,1H3,(H,15,17,18). The van der Waals surface area contributed by atoms with Crippen LogP contribution < -0.4 is 5.32 Å². The predicted octanol–water partition coefficient (Wildman–Crippen LogP) is -0.516. The Kier molecular flexibility index (Phi) is 2.55. The van der Waals surface area contributed by atoms with Crippen molar-refractivity contribution in [2.45, 2.75) is 25.9 Å². The summed E-state index contributed by atoms with van der Waals surface area (Å²) in [6.45, 7) is 2.05. The molecule has 7 heteroatoms. The van der Waals surface area contributed by atoms with Gasteiger partial charge >= 0.3 is 0 Å². The van der Waals surface area contributed by atoms with Crippen molar-refractivity contribution in [1.29, 1.82) is 0 Å². The lowest BCUT2D eigenvalue weighted by Crippen LogP contribution is -2.56. The SMILES string of the molecule is CC1CC(=O)NC(=O)C1N1Cc2nccnc2C1=O. The fraction of sp³-hybridized carbons (Fsp3) is 0.417. The first kappa shape index (κ1) is 11.8. The summed E-state index contributed by atoms with van der Waals surface area (Å²) in [5, 5.41) is 2.27. The molecule has 98 valence electrons. The van der Waals surface area contributed by atoms with Crippen molar-refractivity contribution >= 4 is 17.7 Å². The molecule has 0 radical (unpaired) electrons. The van der Waals surface area contributed by atoms with Gasteiger partial charge in [-0.3, -0.25) is 24.7 Å². The Hall–Kier alpha value is -2.31. The number of hydrogen-bond acceptors (Lipinski definition) is 5. The molecule has 0 aliphatic carbocycles. The third-order valence-electron chi connectivity index (χ3n) is 3.47.